The topological polar surface area (TPSA) is 78.5 Å². The van der Waals surface area contributed by atoms with Crippen LogP contribution in [0, 0.1) is 11.6 Å². The van der Waals surface area contributed by atoms with E-state index in [0.717, 1.165) is 24.5 Å². The van der Waals surface area contributed by atoms with Gasteiger partial charge in [0.25, 0.3) is 0 Å². The summed E-state index contributed by atoms with van der Waals surface area (Å²) in [5, 5.41) is 0. The number of ether oxygens (including phenoxy) is 1. The quantitative estimate of drug-likeness (QED) is 0.585. The van der Waals surface area contributed by atoms with Crippen molar-refractivity contribution in [3.63, 3.8) is 0 Å². The van der Waals surface area contributed by atoms with Crippen LogP contribution in [0.2, 0.25) is 0 Å². The van der Waals surface area contributed by atoms with Gasteiger partial charge in [-0.25, -0.2) is 26.6 Å². The largest absolute Gasteiger partial charge is 0.573 e. The third kappa shape index (κ3) is 4.31. The molecule has 0 bridgehead atoms. The molecule has 29 heavy (non-hydrogen) atoms. The second-order valence-corrected chi connectivity index (χ2v) is 7.79. The Morgan fingerprint density at radius 3 is 2.38 bits per heavy atom. The van der Waals surface area contributed by atoms with Gasteiger partial charge in [-0.2, -0.15) is 0 Å². The summed E-state index contributed by atoms with van der Waals surface area (Å²) < 4.78 is 98.1. The summed E-state index contributed by atoms with van der Waals surface area (Å²) in [5.74, 6) is -4.23. The molecule has 12 heteroatoms. The number of hydrogen-bond donors (Lipinski definition) is 0. The fraction of sp³-hybridized carbons (Fsp3) is 0.118. The molecule has 1 heterocycles. The van der Waals surface area contributed by atoms with Crippen LogP contribution >= 0.6 is 0 Å². The molecule has 0 aliphatic carbocycles. The lowest BCUT2D eigenvalue weighted by Crippen LogP contribution is -2.18. The number of alkyl halides is 3. The van der Waals surface area contributed by atoms with Crippen LogP contribution in [0.15, 0.2) is 56.8 Å². The number of rotatable bonds is 4. The molecule has 0 aliphatic heterocycles. The van der Waals surface area contributed by atoms with Crippen LogP contribution in [-0.4, -0.2) is 25.6 Å². The van der Waals surface area contributed by atoms with E-state index in [2.05, 4.69) is 9.15 Å². The minimum absolute atomic E-state index is 0.188. The molecule has 0 unspecified atom stereocenters. The van der Waals surface area contributed by atoms with E-state index in [4.69, 9.17) is 0 Å². The smallest absolute Gasteiger partial charge is 0.415 e. The lowest BCUT2D eigenvalue weighted by Gasteiger charge is -2.12. The van der Waals surface area contributed by atoms with Crippen LogP contribution < -0.4 is 10.5 Å². The molecule has 0 radical (unpaired) electrons. The maximum absolute atomic E-state index is 14.5. The Hall–Kier alpha value is -3.15. The van der Waals surface area contributed by atoms with Crippen molar-refractivity contribution >= 4 is 9.84 Å². The molecule has 6 nitrogen and oxygen atoms in total. The SMILES string of the molecule is CS(=O)(=O)c1cc(F)c(-c2coc(=O)n2-c2cccc(OC(F)(F)F)c2)cc1F. The maximum Gasteiger partial charge on any atom is 0.573 e. The summed E-state index contributed by atoms with van der Waals surface area (Å²) in [6, 6.07) is 5.15. The van der Waals surface area contributed by atoms with Gasteiger partial charge in [-0.15, -0.1) is 13.2 Å². The minimum atomic E-state index is -4.99. The summed E-state index contributed by atoms with van der Waals surface area (Å²) in [6.45, 7) is 0. The highest BCUT2D eigenvalue weighted by Crippen LogP contribution is 2.30. The fourth-order valence-corrected chi connectivity index (χ4v) is 3.30. The highest BCUT2D eigenvalue weighted by atomic mass is 32.2. The van der Waals surface area contributed by atoms with Gasteiger partial charge < -0.3 is 9.15 Å². The number of benzene rings is 2. The van der Waals surface area contributed by atoms with Gasteiger partial charge in [-0.1, -0.05) is 6.07 Å². The molecule has 0 saturated heterocycles. The Labute approximate surface area is 159 Å². The standard InChI is InChI=1S/C17H10F5NO5S/c1-29(25,26)15-7-12(18)11(6-13(15)19)14-8-27-16(24)23(14)9-3-2-4-10(5-9)28-17(20,21)22/h2-8H,1H3. The van der Waals surface area contributed by atoms with Crippen molar-refractivity contribution in [1.82, 2.24) is 4.57 Å². The van der Waals surface area contributed by atoms with E-state index >= 15 is 0 Å². The molecule has 1 aromatic heterocycles. The fourth-order valence-electron chi connectivity index (χ4n) is 2.57. The predicted molar refractivity (Wildman–Crippen MR) is 89.4 cm³/mol. The highest BCUT2D eigenvalue weighted by molar-refractivity contribution is 7.90. The Morgan fingerprint density at radius 2 is 1.76 bits per heavy atom. The first-order valence-electron chi connectivity index (χ1n) is 7.63. The molecule has 154 valence electrons. The van der Waals surface area contributed by atoms with E-state index in [1.165, 1.54) is 6.07 Å². The van der Waals surface area contributed by atoms with E-state index in [1.54, 1.807) is 0 Å². The van der Waals surface area contributed by atoms with E-state index < -0.39 is 49.8 Å². The van der Waals surface area contributed by atoms with Gasteiger partial charge in [-0.05, 0) is 24.3 Å². The number of aromatic nitrogens is 1. The third-order valence-electron chi connectivity index (χ3n) is 3.70. The molecular formula is C17H10F5NO5S. The number of sulfone groups is 1. The van der Waals surface area contributed by atoms with E-state index in [-0.39, 0.29) is 11.4 Å². The second kappa shape index (κ2) is 7.03. The van der Waals surface area contributed by atoms with Crippen molar-refractivity contribution < 1.29 is 39.5 Å². The van der Waals surface area contributed by atoms with Gasteiger partial charge in [-0.3, -0.25) is 0 Å². The molecular weight excluding hydrogens is 425 g/mol. The molecule has 0 fully saturated rings. The molecule has 0 N–H and O–H groups in total. The first-order chi connectivity index (χ1) is 13.4. The van der Waals surface area contributed by atoms with Gasteiger partial charge in [0.2, 0.25) is 0 Å². The van der Waals surface area contributed by atoms with Crippen LogP contribution in [0.4, 0.5) is 22.0 Å². The summed E-state index contributed by atoms with van der Waals surface area (Å²) >= 11 is 0. The van der Waals surface area contributed by atoms with Crippen molar-refractivity contribution in [2.45, 2.75) is 11.3 Å². The average Bonchev–Trinajstić information content (AvgIpc) is 2.95. The zero-order valence-corrected chi connectivity index (χ0v) is 15.1. The molecule has 2 aromatic carbocycles. The number of hydrogen-bond acceptors (Lipinski definition) is 5. The number of halogens is 5. The molecule has 0 amide bonds. The minimum Gasteiger partial charge on any atom is -0.415 e. The van der Waals surface area contributed by atoms with E-state index in [9.17, 15) is 35.2 Å². The summed E-state index contributed by atoms with van der Waals surface area (Å²) in [4.78, 5) is 11.2. The third-order valence-corrected chi connectivity index (χ3v) is 4.81. The van der Waals surface area contributed by atoms with Gasteiger partial charge >= 0.3 is 12.1 Å². The van der Waals surface area contributed by atoms with E-state index in [0.29, 0.717) is 23.0 Å². The molecule has 0 saturated carbocycles. The van der Waals surface area contributed by atoms with Crippen molar-refractivity contribution in [3.05, 3.63) is 64.8 Å². The number of oxazole rings is 1. The molecule has 0 aliphatic rings. The van der Waals surface area contributed by atoms with Crippen LogP contribution in [0.3, 0.4) is 0 Å². The van der Waals surface area contributed by atoms with Gasteiger partial charge in [0.15, 0.2) is 9.84 Å². The summed E-state index contributed by atoms with van der Waals surface area (Å²) in [6.07, 6.45) is -3.54. The highest BCUT2D eigenvalue weighted by Gasteiger charge is 2.31. The monoisotopic (exact) mass is 435 g/mol. The van der Waals surface area contributed by atoms with Gasteiger partial charge in [0, 0.05) is 17.9 Å². The summed E-state index contributed by atoms with van der Waals surface area (Å²) in [5.41, 5.74) is -1.08. The van der Waals surface area contributed by atoms with Crippen LogP contribution in [0.1, 0.15) is 0 Å². The molecule has 3 rings (SSSR count). The van der Waals surface area contributed by atoms with Crippen molar-refractivity contribution in [2.75, 3.05) is 6.26 Å². The van der Waals surface area contributed by atoms with Crippen LogP contribution in [0.5, 0.6) is 5.75 Å². The maximum atomic E-state index is 14.5. The normalized spacial score (nSPS) is 12.2. The summed E-state index contributed by atoms with van der Waals surface area (Å²) in [7, 11) is -4.07. The number of nitrogens with zero attached hydrogens (tertiary/aromatic N) is 1. The Balaban J connectivity index is 2.17. The second-order valence-electron chi connectivity index (χ2n) is 5.80. The van der Waals surface area contributed by atoms with Gasteiger partial charge in [0.1, 0.15) is 28.5 Å². The zero-order chi connectivity index (χ0) is 21.6. The first kappa shape index (κ1) is 20.6. The van der Waals surface area contributed by atoms with Gasteiger partial charge in [0.05, 0.1) is 11.4 Å². The van der Waals surface area contributed by atoms with Crippen LogP contribution in [-0.2, 0) is 9.84 Å². The Kier molecular flexibility index (Phi) is 4.99. The van der Waals surface area contributed by atoms with Crippen LogP contribution in [0.25, 0.3) is 16.9 Å². The molecule has 0 spiro atoms. The molecule has 3 aromatic rings. The van der Waals surface area contributed by atoms with E-state index in [1.807, 2.05) is 0 Å². The van der Waals surface area contributed by atoms with Crippen molar-refractivity contribution in [3.8, 4) is 22.7 Å². The lowest BCUT2D eigenvalue weighted by atomic mass is 10.1. The van der Waals surface area contributed by atoms with Crippen molar-refractivity contribution in [2.24, 2.45) is 0 Å². The molecule has 0 atom stereocenters. The lowest BCUT2D eigenvalue weighted by molar-refractivity contribution is -0.274. The predicted octanol–water partition coefficient (Wildman–Crippen LogP) is 3.68. The average molecular weight is 435 g/mol. The first-order valence-corrected chi connectivity index (χ1v) is 9.52. The zero-order valence-electron chi connectivity index (χ0n) is 14.3. The Bertz CT molecular complexity index is 1240. The Morgan fingerprint density at radius 1 is 1.07 bits per heavy atom. The van der Waals surface area contributed by atoms with Crippen molar-refractivity contribution in [1.29, 1.82) is 0 Å².